The number of aromatic nitrogens is 2. The van der Waals surface area contributed by atoms with E-state index in [4.69, 9.17) is 17.3 Å². The number of rotatable bonds is 5. The molecule has 0 spiro atoms. The van der Waals surface area contributed by atoms with E-state index in [1.165, 1.54) is 11.8 Å². The number of halogens is 1. The molecule has 6 heteroatoms. The molecule has 2 rings (SSSR count). The van der Waals surface area contributed by atoms with Crippen molar-refractivity contribution in [2.45, 2.75) is 31.2 Å². The Balaban J connectivity index is 2.23. The predicted octanol–water partition coefficient (Wildman–Crippen LogP) is 4.07. The van der Waals surface area contributed by atoms with E-state index >= 15 is 0 Å². The molecule has 1 aromatic heterocycles. The summed E-state index contributed by atoms with van der Waals surface area (Å²) in [6, 6.07) is 9.77. The second-order valence-electron chi connectivity index (χ2n) is 5.30. The minimum Gasteiger partial charge on any atom is -0.382 e. The zero-order valence-electron chi connectivity index (χ0n) is 12.5. The molecule has 0 atom stereocenters. The van der Waals surface area contributed by atoms with Crippen molar-refractivity contribution < 1.29 is 0 Å². The van der Waals surface area contributed by atoms with Crippen molar-refractivity contribution in [2.24, 2.45) is 5.92 Å². The van der Waals surface area contributed by atoms with Crippen LogP contribution in [0.2, 0.25) is 5.02 Å². The smallest absolute Gasteiger partial charge is 0.190 e. The monoisotopic (exact) mass is 332 g/mol. The molecule has 0 aliphatic carbocycles. The maximum atomic E-state index is 9.21. The van der Waals surface area contributed by atoms with Gasteiger partial charge in [-0.15, -0.1) is 0 Å². The number of nitriles is 1. The Hall–Kier alpha value is -1.77. The highest BCUT2D eigenvalue weighted by Gasteiger charge is 2.14. The summed E-state index contributed by atoms with van der Waals surface area (Å²) in [5.41, 5.74) is 8.01. The van der Waals surface area contributed by atoms with Crippen molar-refractivity contribution in [3.8, 4) is 6.07 Å². The molecule has 0 fully saturated rings. The molecule has 114 valence electrons. The van der Waals surface area contributed by atoms with Gasteiger partial charge in [0.05, 0.1) is 5.69 Å². The summed E-state index contributed by atoms with van der Waals surface area (Å²) in [7, 11) is 0. The van der Waals surface area contributed by atoms with E-state index in [-0.39, 0.29) is 5.82 Å². The van der Waals surface area contributed by atoms with Gasteiger partial charge in [0.15, 0.2) is 5.16 Å². The van der Waals surface area contributed by atoms with Crippen LogP contribution < -0.4 is 5.73 Å². The van der Waals surface area contributed by atoms with Crippen LogP contribution >= 0.6 is 23.4 Å². The molecule has 1 heterocycles. The molecule has 4 nitrogen and oxygen atoms in total. The van der Waals surface area contributed by atoms with E-state index in [0.717, 1.165) is 10.6 Å². The van der Waals surface area contributed by atoms with E-state index in [0.29, 0.717) is 34.5 Å². The summed E-state index contributed by atoms with van der Waals surface area (Å²) >= 11 is 7.61. The molecule has 0 aliphatic rings. The van der Waals surface area contributed by atoms with Gasteiger partial charge in [0.1, 0.15) is 17.5 Å². The third-order valence-electron chi connectivity index (χ3n) is 3.02. The molecular formula is C16H17ClN4S. The van der Waals surface area contributed by atoms with Crippen LogP contribution in [0.4, 0.5) is 5.82 Å². The number of nitrogens with two attached hydrogens (primary N) is 1. The average molecular weight is 333 g/mol. The maximum Gasteiger partial charge on any atom is 0.190 e. The molecule has 0 saturated heterocycles. The van der Waals surface area contributed by atoms with Crippen molar-refractivity contribution in [3.63, 3.8) is 0 Å². The lowest BCUT2D eigenvalue weighted by Crippen LogP contribution is -2.07. The van der Waals surface area contributed by atoms with Crippen LogP contribution in [-0.4, -0.2) is 9.97 Å². The van der Waals surface area contributed by atoms with Gasteiger partial charge in [-0.3, -0.25) is 0 Å². The van der Waals surface area contributed by atoms with E-state index in [1.807, 2.05) is 24.3 Å². The summed E-state index contributed by atoms with van der Waals surface area (Å²) in [5, 5.41) is 10.5. The Kier molecular flexibility index (Phi) is 5.64. The van der Waals surface area contributed by atoms with Crippen molar-refractivity contribution in [2.75, 3.05) is 5.73 Å². The Bertz CT molecular complexity index is 710. The molecule has 1 aromatic carbocycles. The minimum atomic E-state index is 0.245. The number of anilines is 1. The minimum absolute atomic E-state index is 0.245. The number of thioether (sulfide) groups is 1. The third-order valence-corrected chi connectivity index (χ3v) is 4.28. The first-order chi connectivity index (χ1) is 10.5. The first-order valence-electron chi connectivity index (χ1n) is 6.94. The molecule has 2 aromatic rings. The van der Waals surface area contributed by atoms with Gasteiger partial charge < -0.3 is 5.73 Å². The summed E-state index contributed by atoms with van der Waals surface area (Å²) in [4.78, 5) is 8.72. The van der Waals surface area contributed by atoms with Crippen molar-refractivity contribution in [3.05, 3.63) is 46.1 Å². The lowest BCUT2D eigenvalue weighted by molar-refractivity contribution is 0.627. The highest BCUT2D eigenvalue weighted by atomic mass is 35.5. The van der Waals surface area contributed by atoms with Crippen LogP contribution in [0.25, 0.3) is 0 Å². The van der Waals surface area contributed by atoms with Gasteiger partial charge in [0.25, 0.3) is 0 Å². The Morgan fingerprint density at radius 3 is 2.68 bits per heavy atom. The summed E-state index contributed by atoms with van der Waals surface area (Å²) in [6.07, 6.45) is 0.704. The molecule has 0 aliphatic heterocycles. The average Bonchev–Trinajstić information content (AvgIpc) is 2.45. The summed E-state index contributed by atoms with van der Waals surface area (Å²) in [5.74, 6) is 1.30. The number of nitrogens with zero attached hydrogens (tertiary/aromatic N) is 3. The van der Waals surface area contributed by atoms with E-state index in [9.17, 15) is 5.26 Å². The fraction of sp³-hybridized carbons (Fsp3) is 0.312. The topological polar surface area (TPSA) is 75.6 Å². The van der Waals surface area contributed by atoms with Gasteiger partial charge in [0, 0.05) is 10.8 Å². The molecule has 0 saturated carbocycles. The van der Waals surface area contributed by atoms with E-state index in [2.05, 4.69) is 29.9 Å². The predicted molar refractivity (Wildman–Crippen MR) is 90.7 cm³/mol. The van der Waals surface area contributed by atoms with Crippen LogP contribution in [0, 0.1) is 17.2 Å². The van der Waals surface area contributed by atoms with Crippen molar-refractivity contribution >= 4 is 29.2 Å². The first-order valence-corrected chi connectivity index (χ1v) is 8.30. The van der Waals surface area contributed by atoms with E-state index in [1.54, 1.807) is 0 Å². The quantitative estimate of drug-likeness (QED) is 0.659. The Labute approximate surface area is 139 Å². The SMILES string of the molecule is CC(C)Cc1nc(SCc2ccccc2Cl)nc(N)c1C#N. The normalized spacial score (nSPS) is 10.7. The number of hydrogen-bond acceptors (Lipinski definition) is 5. The fourth-order valence-corrected chi connectivity index (χ4v) is 3.14. The zero-order chi connectivity index (χ0) is 16.1. The maximum absolute atomic E-state index is 9.21. The van der Waals surface area contributed by atoms with Gasteiger partial charge in [0.2, 0.25) is 0 Å². The van der Waals surface area contributed by atoms with Crippen LogP contribution in [0.1, 0.15) is 30.7 Å². The van der Waals surface area contributed by atoms with Crippen LogP contribution in [0.3, 0.4) is 0 Å². The Morgan fingerprint density at radius 1 is 1.32 bits per heavy atom. The number of hydrogen-bond donors (Lipinski definition) is 1. The molecule has 0 amide bonds. The van der Waals surface area contributed by atoms with Gasteiger partial charge >= 0.3 is 0 Å². The summed E-state index contributed by atoms with van der Waals surface area (Å²) in [6.45, 7) is 4.16. The fourth-order valence-electron chi connectivity index (χ4n) is 1.98. The molecule has 0 unspecified atom stereocenters. The third kappa shape index (κ3) is 4.12. The number of benzene rings is 1. The lowest BCUT2D eigenvalue weighted by atomic mass is 10.0. The van der Waals surface area contributed by atoms with Crippen LogP contribution in [0.15, 0.2) is 29.4 Å². The standard InChI is InChI=1S/C16H17ClN4S/c1-10(2)7-14-12(8-18)15(19)21-16(20-14)22-9-11-5-3-4-6-13(11)17/h3-6,10H,7,9H2,1-2H3,(H2,19,20,21). The molecule has 0 radical (unpaired) electrons. The molecular weight excluding hydrogens is 316 g/mol. The lowest BCUT2D eigenvalue weighted by Gasteiger charge is -2.10. The highest BCUT2D eigenvalue weighted by Crippen LogP contribution is 2.26. The van der Waals surface area contributed by atoms with Gasteiger partial charge in [-0.05, 0) is 24.0 Å². The van der Waals surface area contributed by atoms with Gasteiger partial charge in [-0.1, -0.05) is 55.4 Å². The van der Waals surface area contributed by atoms with Gasteiger partial charge in [-0.25, -0.2) is 9.97 Å². The van der Waals surface area contributed by atoms with Crippen LogP contribution in [0.5, 0.6) is 0 Å². The number of nitrogen functional groups attached to an aromatic ring is 1. The van der Waals surface area contributed by atoms with Gasteiger partial charge in [-0.2, -0.15) is 5.26 Å². The molecule has 22 heavy (non-hydrogen) atoms. The Morgan fingerprint density at radius 2 is 2.05 bits per heavy atom. The van der Waals surface area contributed by atoms with E-state index < -0.39 is 0 Å². The van der Waals surface area contributed by atoms with Crippen molar-refractivity contribution in [1.82, 2.24) is 9.97 Å². The largest absolute Gasteiger partial charge is 0.382 e. The first kappa shape index (κ1) is 16.6. The molecule has 0 bridgehead atoms. The second kappa shape index (κ2) is 7.48. The zero-order valence-corrected chi connectivity index (χ0v) is 14.1. The second-order valence-corrected chi connectivity index (χ2v) is 6.65. The van der Waals surface area contributed by atoms with Crippen molar-refractivity contribution in [1.29, 1.82) is 5.26 Å². The summed E-state index contributed by atoms with van der Waals surface area (Å²) < 4.78 is 0. The van der Waals surface area contributed by atoms with Crippen LogP contribution in [-0.2, 0) is 12.2 Å². The molecule has 2 N–H and O–H groups in total. The highest BCUT2D eigenvalue weighted by molar-refractivity contribution is 7.98.